The molecule has 1 atom stereocenters. The maximum absolute atomic E-state index is 5.63. The molecule has 0 radical (unpaired) electrons. The number of hydrogen-bond acceptors (Lipinski definition) is 3. The van der Waals surface area contributed by atoms with Crippen molar-refractivity contribution in [2.75, 3.05) is 25.0 Å². The smallest absolute Gasteiger partial charge is 0.119 e. The summed E-state index contributed by atoms with van der Waals surface area (Å²) in [5.41, 5.74) is 6.83. The fraction of sp³-hybridized carbons (Fsp3) is 0.571. The molecular formula is C14H24N2O. The van der Waals surface area contributed by atoms with Gasteiger partial charge in [0.1, 0.15) is 5.75 Å². The second kappa shape index (κ2) is 6.50. The molecule has 0 aliphatic heterocycles. The third-order valence-electron chi connectivity index (χ3n) is 2.64. The Balaban J connectivity index is 2.60. The van der Waals surface area contributed by atoms with E-state index in [1.165, 1.54) is 5.69 Å². The number of hydrogen-bond donors (Lipinski definition) is 1. The van der Waals surface area contributed by atoms with Gasteiger partial charge in [0.05, 0.1) is 6.10 Å². The second-order valence-corrected chi connectivity index (χ2v) is 4.88. The molecule has 0 heterocycles. The molecule has 0 saturated carbocycles. The molecule has 1 aromatic carbocycles. The molecule has 0 spiro atoms. The summed E-state index contributed by atoms with van der Waals surface area (Å²) in [6.07, 6.45) is 0.218. The van der Waals surface area contributed by atoms with E-state index in [1.54, 1.807) is 0 Å². The zero-order valence-electron chi connectivity index (χ0n) is 11.3. The highest BCUT2D eigenvalue weighted by molar-refractivity contribution is 5.48. The molecule has 3 nitrogen and oxygen atoms in total. The van der Waals surface area contributed by atoms with Crippen molar-refractivity contribution in [1.82, 2.24) is 0 Å². The summed E-state index contributed by atoms with van der Waals surface area (Å²) in [5.74, 6) is 1.43. The number of nitrogens with zero attached hydrogens (tertiary/aromatic N) is 1. The summed E-state index contributed by atoms with van der Waals surface area (Å²) < 4.78 is 5.61. The first kappa shape index (κ1) is 13.8. The number of anilines is 1. The van der Waals surface area contributed by atoms with Crippen molar-refractivity contribution in [2.24, 2.45) is 11.7 Å². The van der Waals surface area contributed by atoms with Gasteiger partial charge in [-0.15, -0.1) is 0 Å². The molecule has 1 aromatic rings. The molecule has 17 heavy (non-hydrogen) atoms. The zero-order valence-corrected chi connectivity index (χ0v) is 11.3. The lowest BCUT2D eigenvalue weighted by Gasteiger charge is -2.23. The summed E-state index contributed by atoms with van der Waals surface area (Å²) >= 11 is 0. The fourth-order valence-electron chi connectivity index (χ4n) is 1.70. The summed E-state index contributed by atoms with van der Waals surface area (Å²) in [4.78, 5) is 2.22. The first-order valence-electron chi connectivity index (χ1n) is 6.21. The van der Waals surface area contributed by atoms with Crippen molar-refractivity contribution in [2.45, 2.75) is 26.9 Å². The average molecular weight is 236 g/mol. The number of nitrogens with two attached hydrogens (primary N) is 1. The van der Waals surface area contributed by atoms with Crippen LogP contribution in [0.1, 0.15) is 20.8 Å². The van der Waals surface area contributed by atoms with Gasteiger partial charge in [-0.25, -0.2) is 0 Å². The molecule has 0 aliphatic carbocycles. The van der Waals surface area contributed by atoms with Crippen molar-refractivity contribution >= 4 is 5.69 Å². The lowest BCUT2D eigenvalue weighted by atomic mass is 10.1. The van der Waals surface area contributed by atoms with Crippen LogP contribution in [0.5, 0.6) is 5.75 Å². The van der Waals surface area contributed by atoms with Crippen LogP contribution >= 0.6 is 0 Å². The molecule has 0 amide bonds. The van der Waals surface area contributed by atoms with Crippen molar-refractivity contribution in [3.05, 3.63) is 24.3 Å². The molecule has 1 unspecified atom stereocenters. The first-order valence-corrected chi connectivity index (χ1v) is 6.21. The van der Waals surface area contributed by atoms with E-state index < -0.39 is 0 Å². The molecule has 3 heteroatoms. The molecule has 1 rings (SSSR count). The average Bonchev–Trinajstić information content (AvgIpc) is 2.28. The largest absolute Gasteiger partial charge is 0.491 e. The van der Waals surface area contributed by atoms with E-state index in [-0.39, 0.29) is 6.10 Å². The predicted molar refractivity (Wildman–Crippen MR) is 73.7 cm³/mol. The minimum Gasteiger partial charge on any atom is -0.491 e. The van der Waals surface area contributed by atoms with Crippen molar-refractivity contribution < 1.29 is 4.74 Å². The van der Waals surface area contributed by atoms with Gasteiger partial charge in [-0.1, -0.05) is 6.92 Å². The standard InChI is InChI=1S/C14H24N2O/c1-11(2)17-14-7-5-13(6-8-14)16(4)10-12(3)9-15/h5-8,11-12H,9-10,15H2,1-4H3. The molecule has 0 bridgehead atoms. The van der Waals surface area contributed by atoms with Crippen LogP contribution in [0, 0.1) is 5.92 Å². The van der Waals surface area contributed by atoms with Gasteiger partial charge in [0.25, 0.3) is 0 Å². The molecule has 0 aliphatic rings. The predicted octanol–water partition coefficient (Wildman–Crippen LogP) is 2.50. The van der Waals surface area contributed by atoms with Crippen LogP contribution in [0.4, 0.5) is 5.69 Å². The van der Waals surface area contributed by atoms with Crippen molar-refractivity contribution in [3.63, 3.8) is 0 Å². The van der Waals surface area contributed by atoms with Crippen LogP contribution in [0.25, 0.3) is 0 Å². The molecule has 0 saturated heterocycles. The van der Waals surface area contributed by atoms with E-state index in [4.69, 9.17) is 10.5 Å². The lowest BCUT2D eigenvalue weighted by molar-refractivity contribution is 0.242. The second-order valence-electron chi connectivity index (χ2n) is 4.88. The van der Waals surface area contributed by atoms with E-state index in [9.17, 15) is 0 Å². The van der Waals surface area contributed by atoms with Gasteiger partial charge in [0.15, 0.2) is 0 Å². The van der Waals surface area contributed by atoms with E-state index in [2.05, 4.69) is 31.0 Å². The molecule has 0 fully saturated rings. The highest BCUT2D eigenvalue weighted by atomic mass is 16.5. The summed E-state index contributed by atoms with van der Waals surface area (Å²) in [5, 5.41) is 0. The van der Waals surface area contributed by atoms with Crippen molar-refractivity contribution in [1.29, 1.82) is 0 Å². The number of benzene rings is 1. The van der Waals surface area contributed by atoms with E-state index >= 15 is 0 Å². The Morgan fingerprint density at radius 1 is 1.18 bits per heavy atom. The highest BCUT2D eigenvalue weighted by Gasteiger charge is 2.06. The third-order valence-corrected chi connectivity index (χ3v) is 2.64. The lowest BCUT2D eigenvalue weighted by Crippen LogP contribution is -2.28. The van der Waals surface area contributed by atoms with Crippen LogP contribution in [-0.4, -0.2) is 26.2 Å². The van der Waals surface area contributed by atoms with E-state index in [0.717, 1.165) is 18.8 Å². The maximum atomic E-state index is 5.63. The Bertz CT molecular complexity index is 321. The Morgan fingerprint density at radius 2 is 1.76 bits per heavy atom. The summed E-state index contributed by atoms with van der Waals surface area (Å²) in [6.45, 7) is 7.92. The fourth-order valence-corrected chi connectivity index (χ4v) is 1.70. The van der Waals surface area contributed by atoms with Gasteiger partial charge in [0, 0.05) is 19.3 Å². The van der Waals surface area contributed by atoms with Gasteiger partial charge in [-0.2, -0.15) is 0 Å². The van der Waals surface area contributed by atoms with Crippen LogP contribution < -0.4 is 15.4 Å². The van der Waals surface area contributed by atoms with Crippen LogP contribution in [0.15, 0.2) is 24.3 Å². The highest BCUT2D eigenvalue weighted by Crippen LogP contribution is 2.19. The molecular weight excluding hydrogens is 212 g/mol. The Hall–Kier alpha value is -1.22. The first-order chi connectivity index (χ1) is 8.02. The Morgan fingerprint density at radius 3 is 2.24 bits per heavy atom. The van der Waals surface area contributed by atoms with Crippen LogP contribution in [0.2, 0.25) is 0 Å². The topological polar surface area (TPSA) is 38.5 Å². The van der Waals surface area contributed by atoms with Crippen LogP contribution in [0.3, 0.4) is 0 Å². The van der Waals surface area contributed by atoms with Crippen LogP contribution in [-0.2, 0) is 0 Å². The Kier molecular flexibility index (Phi) is 5.29. The minimum atomic E-state index is 0.218. The zero-order chi connectivity index (χ0) is 12.8. The van der Waals surface area contributed by atoms with E-state index in [1.807, 2.05) is 26.0 Å². The van der Waals surface area contributed by atoms with E-state index in [0.29, 0.717) is 5.92 Å². The van der Waals surface area contributed by atoms with Crippen molar-refractivity contribution in [3.8, 4) is 5.75 Å². The Labute approximate surface area is 105 Å². The summed E-state index contributed by atoms with van der Waals surface area (Å²) in [6, 6.07) is 8.19. The molecule has 0 aromatic heterocycles. The molecule has 2 N–H and O–H groups in total. The minimum absolute atomic E-state index is 0.218. The molecule has 96 valence electrons. The summed E-state index contributed by atoms with van der Waals surface area (Å²) in [7, 11) is 2.09. The van der Waals surface area contributed by atoms with Gasteiger partial charge in [-0.3, -0.25) is 0 Å². The number of ether oxygens (including phenoxy) is 1. The van der Waals surface area contributed by atoms with Gasteiger partial charge < -0.3 is 15.4 Å². The monoisotopic (exact) mass is 236 g/mol. The van der Waals surface area contributed by atoms with Gasteiger partial charge >= 0.3 is 0 Å². The normalized spacial score (nSPS) is 12.6. The quantitative estimate of drug-likeness (QED) is 0.824. The SMILES string of the molecule is CC(CN)CN(C)c1ccc(OC(C)C)cc1. The van der Waals surface area contributed by atoms with Gasteiger partial charge in [-0.05, 0) is 50.6 Å². The third kappa shape index (κ3) is 4.65. The van der Waals surface area contributed by atoms with Gasteiger partial charge in [0.2, 0.25) is 0 Å². The maximum Gasteiger partial charge on any atom is 0.119 e. The number of rotatable bonds is 6.